The summed E-state index contributed by atoms with van der Waals surface area (Å²) in [5.41, 5.74) is -0.463. The predicted octanol–water partition coefficient (Wildman–Crippen LogP) is 4.89. The molecule has 0 aliphatic heterocycles. The molecular weight excluding hydrogens is 297 g/mol. The van der Waals surface area contributed by atoms with Gasteiger partial charge in [0.2, 0.25) is 0 Å². The number of allylic oxidation sites excluding steroid dienone is 5. The number of nitrogens with zero attached hydrogens (tertiary/aromatic N) is 1. The molecule has 116 valence electrons. The van der Waals surface area contributed by atoms with E-state index in [0.717, 1.165) is 17.4 Å². The molecule has 1 aromatic heterocycles. The lowest BCUT2D eigenvalue weighted by molar-refractivity contribution is -0.0877. The van der Waals surface area contributed by atoms with E-state index < -0.39 is 11.7 Å². The van der Waals surface area contributed by atoms with Gasteiger partial charge in [-0.3, -0.25) is 0 Å². The summed E-state index contributed by atoms with van der Waals surface area (Å²) < 4.78 is 37.8. The summed E-state index contributed by atoms with van der Waals surface area (Å²) in [5.74, 6) is 0. The molecule has 1 heterocycles. The molecule has 0 saturated carbocycles. The minimum atomic E-state index is -4.43. The van der Waals surface area contributed by atoms with E-state index in [-0.39, 0.29) is 6.04 Å². The van der Waals surface area contributed by atoms with E-state index in [4.69, 9.17) is 0 Å². The third kappa shape index (κ3) is 4.82. The quantitative estimate of drug-likeness (QED) is 0.756. The van der Waals surface area contributed by atoms with Gasteiger partial charge in [0, 0.05) is 28.3 Å². The average Bonchev–Trinajstić information content (AvgIpc) is 2.88. The molecule has 1 aromatic rings. The highest BCUT2D eigenvalue weighted by molar-refractivity contribution is 7.12. The number of hydrogen-bond donors (Lipinski definition) is 1. The zero-order valence-corrected chi connectivity index (χ0v) is 13.1. The molecular formula is C15H19F3N2S. The van der Waals surface area contributed by atoms with Crippen molar-refractivity contribution in [1.29, 1.82) is 0 Å². The van der Waals surface area contributed by atoms with Gasteiger partial charge in [-0.05, 0) is 26.5 Å². The summed E-state index contributed by atoms with van der Waals surface area (Å²) in [6.07, 6.45) is 2.49. The number of thiazole rings is 1. The fourth-order valence-electron chi connectivity index (χ4n) is 1.76. The van der Waals surface area contributed by atoms with Crippen molar-refractivity contribution in [2.24, 2.45) is 0 Å². The minimum absolute atomic E-state index is 0.161. The van der Waals surface area contributed by atoms with Crippen molar-refractivity contribution >= 4 is 16.9 Å². The van der Waals surface area contributed by atoms with Gasteiger partial charge < -0.3 is 5.32 Å². The summed E-state index contributed by atoms with van der Waals surface area (Å²) in [6, 6.07) is 0.161. The van der Waals surface area contributed by atoms with Gasteiger partial charge in [0.05, 0.1) is 0 Å². The molecule has 0 fully saturated rings. The SMILES string of the molecule is C=C(/C=C(\C=C/C)c1ncc(C(CC)NC)s1)C(F)(F)F. The highest BCUT2D eigenvalue weighted by atomic mass is 32.1. The largest absolute Gasteiger partial charge is 0.415 e. The molecule has 1 atom stereocenters. The van der Waals surface area contributed by atoms with Crippen LogP contribution >= 0.6 is 11.3 Å². The van der Waals surface area contributed by atoms with Gasteiger partial charge in [-0.2, -0.15) is 13.2 Å². The Morgan fingerprint density at radius 2 is 2.19 bits per heavy atom. The van der Waals surface area contributed by atoms with Gasteiger partial charge in [-0.25, -0.2) is 4.98 Å². The Morgan fingerprint density at radius 1 is 1.52 bits per heavy atom. The maximum absolute atomic E-state index is 12.6. The fraction of sp³-hybridized carbons (Fsp3) is 0.400. The van der Waals surface area contributed by atoms with Crippen LogP contribution in [0.4, 0.5) is 13.2 Å². The first-order chi connectivity index (χ1) is 9.83. The maximum Gasteiger partial charge on any atom is 0.415 e. The Kier molecular flexibility index (Phi) is 6.36. The number of aromatic nitrogens is 1. The highest BCUT2D eigenvalue weighted by Gasteiger charge is 2.30. The molecule has 0 aromatic carbocycles. The summed E-state index contributed by atoms with van der Waals surface area (Å²) in [4.78, 5) is 5.24. The first-order valence-electron chi connectivity index (χ1n) is 6.57. The predicted molar refractivity (Wildman–Crippen MR) is 82.2 cm³/mol. The van der Waals surface area contributed by atoms with E-state index in [0.29, 0.717) is 10.6 Å². The van der Waals surface area contributed by atoms with Gasteiger partial charge >= 0.3 is 6.18 Å². The van der Waals surface area contributed by atoms with Crippen LogP contribution in [0, 0.1) is 0 Å². The molecule has 1 N–H and O–H groups in total. The Balaban J connectivity index is 3.13. The molecule has 0 bridgehead atoms. The molecule has 2 nitrogen and oxygen atoms in total. The Labute approximate surface area is 127 Å². The van der Waals surface area contributed by atoms with Crippen LogP contribution < -0.4 is 5.32 Å². The van der Waals surface area contributed by atoms with Crippen molar-refractivity contribution in [3.05, 3.63) is 46.5 Å². The molecule has 21 heavy (non-hydrogen) atoms. The minimum Gasteiger partial charge on any atom is -0.312 e. The smallest absolute Gasteiger partial charge is 0.312 e. The third-order valence-corrected chi connectivity index (χ3v) is 4.07. The lowest BCUT2D eigenvalue weighted by atomic mass is 10.1. The van der Waals surface area contributed by atoms with Crippen LogP contribution in [0.15, 0.2) is 36.6 Å². The van der Waals surface area contributed by atoms with Crippen LogP contribution in [0.25, 0.3) is 5.57 Å². The van der Waals surface area contributed by atoms with Gasteiger partial charge in [0.15, 0.2) is 0 Å². The van der Waals surface area contributed by atoms with E-state index in [9.17, 15) is 13.2 Å². The van der Waals surface area contributed by atoms with Crippen LogP contribution in [0.3, 0.4) is 0 Å². The third-order valence-electron chi connectivity index (χ3n) is 2.91. The first-order valence-corrected chi connectivity index (χ1v) is 7.39. The molecule has 0 radical (unpaired) electrons. The van der Waals surface area contributed by atoms with Crippen LogP contribution in [0.2, 0.25) is 0 Å². The second kappa shape index (κ2) is 7.56. The van der Waals surface area contributed by atoms with Crippen LogP contribution in [0.5, 0.6) is 0 Å². The Morgan fingerprint density at radius 3 is 2.67 bits per heavy atom. The Bertz CT molecular complexity index is 537. The van der Waals surface area contributed by atoms with E-state index in [2.05, 4.69) is 16.9 Å². The number of alkyl halides is 3. The molecule has 0 aliphatic rings. The molecule has 0 spiro atoms. The van der Waals surface area contributed by atoms with E-state index in [1.54, 1.807) is 25.3 Å². The van der Waals surface area contributed by atoms with Gasteiger partial charge in [0.1, 0.15) is 5.01 Å². The normalized spacial score (nSPS) is 14.7. The molecule has 1 unspecified atom stereocenters. The standard InChI is InChI=1S/C15H19F3N2S/c1-5-7-11(8-10(3)15(16,17)18)14-20-9-13(21-14)12(6-2)19-4/h5,7-9,12,19H,3,6H2,1-2,4H3/b7-5-,11-8+. The summed E-state index contributed by atoms with van der Waals surface area (Å²) in [6.45, 7) is 6.86. The van der Waals surface area contributed by atoms with Crippen molar-refractivity contribution in [3.63, 3.8) is 0 Å². The number of halogens is 3. The first kappa shape index (κ1) is 17.7. The summed E-state index contributed by atoms with van der Waals surface area (Å²) in [7, 11) is 1.85. The van der Waals surface area contributed by atoms with Crippen molar-refractivity contribution in [3.8, 4) is 0 Å². The second-order valence-electron chi connectivity index (χ2n) is 4.44. The summed E-state index contributed by atoms with van der Waals surface area (Å²) >= 11 is 1.39. The van der Waals surface area contributed by atoms with Crippen LogP contribution in [-0.2, 0) is 0 Å². The van der Waals surface area contributed by atoms with Crippen molar-refractivity contribution in [2.45, 2.75) is 32.5 Å². The highest BCUT2D eigenvalue weighted by Crippen LogP contribution is 2.32. The number of rotatable bonds is 6. The maximum atomic E-state index is 12.6. The van der Waals surface area contributed by atoms with E-state index in [1.165, 1.54) is 11.3 Å². The summed E-state index contributed by atoms with van der Waals surface area (Å²) in [5, 5.41) is 3.71. The topological polar surface area (TPSA) is 24.9 Å². The van der Waals surface area contributed by atoms with Crippen LogP contribution in [-0.4, -0.2) is 18.2 Å². The van der Waals surface area contributed by atoms with Gasteiger partial charge in [-0.1, -0.05) is 25.7 Å². The molecule has 6 heteroatoms. The molecule has 0 aliphatic carbocycles. The zero-order chi connectivity index (χ0) is 16.0. The van der Waals surface area contributed by atoms with Crippen molar-refractivity contribution < 1.29 is 13.2 Å². The molecule has 1 rings (SSSR count). The number of nitrogens with one attached hydrogen (secondary N) is 1. The van der Waals surface area contributed by atoms with Crippen molar-refractivity contribution in [2.75, 3.05) is 7.05 Å². The van der Waals surface area contributed by atoms with E-state index >= 15 is 0 Å². The molecule has 0 saturated heterocycles. The van der Waals surface area contributed by atoms with Crippen LogP contribution in [0.1, 0.15) is 36.2 Å². The fourth-order valence-corrected chi connectivity index (χ4v) is 2.86. The lowest BCUT2D eigenvalue weighted by Crippen LogP contribution is -2.13. The lowest BCUT2D eigenvalue weighted by Gasteiger charge is -2.10. The second-order valence-corrected chi connectivity index (χ2v) is 5.50. The Hall–Kier alpha value is -1.40. The van der Waals surface area contributed by atoms with Crippen molar-refractivity contribution in [1.82, 2.24) is 10.3 Å². The molecule has 0 amide bonds. The average molecular weight is 316 g/mol. The monoisotopic (exact) mass is 316 g/mol. The zero-order valence-electron chi connectivity index (χ0n) is 12.3. The number of hydrogen-bond acceptors (Lipinski definition) is 3. The van der Waals surface area contributed by atoms with Gasteiger partial charge in [0.25, 0.3) is 0 Å². The van der Waals surface area contributed by atoms with Gasteiger partial charge in [-0.15, -0.1) is 11.3 Å². The van der Waals surface area contributed by atoms with E-state index in [1.807, 2.05) is 14.0 Å².